The number of hydrogen-bond acceptors (Lipinski definition) is 7. The van der Waals surface area contributed by atoms with Crippen LogP contribution in [-0.4, -0.2) is 34.9 Å². The number of halogens is 1. The van der Waals surface area contributed by atoms with Gasteiger partial charge in [0.1, 0.15) is 12.1 Å². The molecule has 8 heteroatoms. The summed E-state index contributed by atoms with van der Waals surface area (Å²) in [7, 11) is 1.44. The predicted molar refractivity (Wildman–Crippen MR) is 113 cm³/mol. The Hall–Kier alpha value is -3.26. The van der Waals surface area contributed by atoms with Crippen molar-refractivity contribution in [3.8, 4) is 17.4 Å². The number of phenols is 1. The molecule has 0 atom stereocenters. The van der Waals surface area contributed by atoms with Crippen LogP contribution in [0.15, 0.2) is 6.33 Å². The van der Waals surface area contributed by atoms with Crippen molar-refractivity contribution < 1.29 is 28.5 Å². The number of ether oxygens (including phenoxy) is 3. The lowest BCUT2D eigenvalue weighted by atomic mass is 9.93. The van der Waals surface area contributed by atoms with Crippen molar-refractivity contribution in [2.45, 2.75) is 41.5 Å². The third-order valence-electron chi connectivity index (χ3n) is 5.70. The number of aryl methyl sites for hydroxylation is 2. The van der Waals surface area contributed by atoms with Crippen molar-refractivity contribution >= 4 is 16.9 Å². The first-order valence-corrected chi connectivity index (χ1v) is 9.68. The summed E-state index contributed by atoms with van der Waals surface area (Å²) in [6.07, 6.45) is 1.31. The Kier molecular flexibility index (Phi) is 6.13. The van der Waals surface area contributed by atoms with Gasteiger partial charge in [-0.3, -0.25) is 0 Å². The van der Waals surface area contributed by atoms with Crippen molar-refractivity contribution in [1.82, 2.24) is 9.97 Å². The molecule has 1 N–H and O–H groups in total. The van der Waals surface area contributed by atoms with Crippen molar-refractivity contribution in [3.63, 3.8) is 0 Å². The van der Waals surface area contributed by atoms with Crippen LogP contribution in [0.2, 0.25) is 0 Å². The van der Waals surface area contributed by atoms with Gasteiger partial charge in [-0.2, -0.15) is 0 Å². The average Bonchev–Trinajstić information content (AvgIpc) is 2.76. The van der Waals surface area contributed by atoms with Crippen molar-refractivity contribution in [1.29, 1.82) is 0 Å². The van der Waals surface area contributed by atoms with E-state index in [1.807, 2.05) is 27.7 Å². The number of rotatable bonds is 5. The topological polar surface area (TPSA) is 90.8 Å². The Balaban J connectivity index is 2.19. The molecule has 0 radical (unpaired) electrons. The summed E-state index contributed by atoms with van der Waals surface area (Å²) in [6.45, 7) is 10.3. The monoisotopic (exact) mass is 428 g/mol. The van der Waals surface area contributed by atoms with Crippen LogP contribution in [0.4, 0.5) is 4.39 Å². The lowest BCUT2D eigenvalue weighted by molar-refractivity contribution is -0.0126. The zero-order chi connectivity index (χ0) is 23.0. The molecule has 0 saturated heterocycles. The fourth-order valence-corrected chi connectivity index (χ4v) is 3.65. The number of benzene rings is 2. The Morgan fingerprint density at radius 2 is 1.58 bits per heavy atom. The van der Waals surface area contributed by atoms with Crippen LogP contribution in [-0.2, 0) is 9.47 Å². The van der Waals surface area contributed by atoms with E-state index in [2.05, 4.69) is 9.97 Å². The van der Waals surface area contributed by atoms with Crippen molar-refractivity contribution in [2.75, 3.05) is 13.9 Å². The maximum Gasteiger partial charge on any atom is 0.340 e. The second-order valence-electron chi connectivity index (χ2n) is 7.46. The molecule has 0 saturated carbocycles. The minimum Gasteiger partial charge on any atom is -0.505 e. The van der Waals surface area contributed by atoms with E-state index in [1.54, 1.807) is 6.92 Å². The van der Waals surface area contributed by atoms with Crippen LogP contribution in [0.5, 0.6) is 17.4 Å². The summed E-state index contributed by atoms with van der Waals surface area (Å²) in [5.74, 6) is -0.964. The molecular formula is C23H25FN2O5. The highest BCUT2D eigenvalue weighted by Crippen LogP contribution is 2.40. The molecule has 164 valence electrons. The van der Waals surface area contributed by atoms with Gasteiger partial charge in [-0.25, -0.2) is 19.2 Å². The SMILES string of the molecule is COCOC(=O)c1c(C)c(C)c(Oc2ncnc3c(C)c(O)c(F)c(C)c23)c(C)c1C. The average molecular weight is 428 g/mol. The second-order valence-corrected chi connectivity index (χ2v) is 7.46. The van der Waals surface area contributed by atoms with Gasteiger partial charge in [0.2, 0.25) is 5.88 Å². The first-order chi connectivity index (χ1) is 14.6. The van der Waals surface area contributed by atoms with E-state index in [-0.39, 0.29) is 18.2 Å². The summed E-state index contributed by atoms with van der Waals surface area (Å²) in [5.41, 5.74) is 4.23. The van der Waals surface area contributed by atoms with Gasteiger partial charge in [0.05, 0.1) is 16.5 Å². The number of fused-ring (bicyclic) bond motifs is 1. The second kappa shape index (κ2) is 8.47. The number of carbonyl (C=O) groups is 1. The van der Waals surface area contributed by atoms with E-state index in [0.29, 0.717) is 38.9 Å². The lowest BCUT2D eigenvalue weighted by Crippen LogP contribution is -2.13. The van der Waals surface area contributed by atoms with Gasteiger partial charge in [0.15, 0.2) is 18.4 Å². The molecule has 0 bridgehead atoms. The van der Waals surface area contributed by atoms with Gasteiger partial charge in [-0.1, -0.05) is 0 Å². The highest BCUT2D eigenvalue weighted by Gasteiger charge is 2.24. The first kappa shape index (κ1) is 22.4. The molecule has 2 aromatic carbocycles. The zero-order valence-electron chi connectivity index (χ0n) is 18.6. The van der Waals surface area contributed by atoms with Crippen LogP contribution in [0.1, 0.15) is 43.7 Å². The van der Waals surface area contributed by atoms with Gasteiger partial charge in [0.25, 0.3) is 0 Å². The van der Waals surface area contributed by atoms with Crippen LogP contribution in [0.3, 0.4) is 0 Å². The summed E-state index contributed by atoms with van der Waals surface area (Å²) < 4.78 is 30.7. The standard InChI is InChI=1S/C23H25FN2O5/c1-10-12(3)21(13(4)11(2)16(10)23(28)30-9-29-7)31-22-17-14(5)18(24)20(27)15(6)19(17)25-8-26-22/h8,27H,9H2,1-7H3. The van der Waals surface area contributed by atoms with Gasteiger partial charge >= 0.3 is 5.97 Å². The molecule has 0 amide bonds. The molecule has 0 aliphatic heterocycles. The molecule has 31 heavy (non-hydrogen) atoms. The van der Waals surface area contributed by atoms with Gasteiger partial charge in [-0.15, -0.1) is 0 Å². The summed E-state index contributed by atoms with van der Waals surface area (Å²) in [6, 6.07) is 0. The largest absolute Gasteiger partial charge is 0.505 e. The molecule has 0 aliphatic carbocycles. The summed E-state index contributed by atoms with van der Waals surface area (Å²) >= 11 is 0. The maximum absolute atomic E-state index is 14.5. The normalized spacial score (nSPS) is 11.1. The van der Waals surface area contributed by atoms with Crippen LogP contribution >= 0.6 is 0 Å². The van der Waals surface area contributed by atoms with Gasteiger partial charge in [-0.05, 0) is 63.8 Å². The molecule has 0 aliphatic rings. The van der Waals surface area contributed by atoms with E-state index < -0.39 is 17.5 Å². The number of aromatic nitrogens is 2. The zero-order valence-corrected chi connectivity index (χ0v) is 18.6. The summed E-state index contributed by atoms with van der Waals surface area (Å²) in [5, 5.41) is 10.4. The molecule has 1 aromatic heterocycles. The molecule has 0 unspecified atom stereocenters. The Morgan fingerprint density at radius 1 is 0.968 bits per heavy atom. The molecule has 3 rings (SSSR count). The Bertz CT molecular complexity index is 1180. The highest BCUT2D eigenvalue weighted by atomic mass is 19.1. The predicted octanol–water partition coefficient (Wildman–Crippen LogP) is 4.88. The number of methoxy groups -OCH3 is 1. The van der Waals surface area contributed by atoms with E-state index in [0.717, 1.165) is 11.1 Å². The molecule has 0 spiro atoms. The number of nitrogens with zero attached hydrogens (tertiary/aromatic N) is 2. The maximum atomic E-state index is 14.5. The Morgan fingerprint density at radius 3 is 2.16 bits per heavy atom. The van der Waals surface area contributed by atoms with Gasteiger partial charge in [0, 0.05) is 18.2 Å². The van der Waals surface area contributed by atoms with Crippen LogP contribution < -0.4 is 4.74 Å². The van der Waals surface area contributed by atoms with Crippen molar-refractivity contribution in [2.24, 2.45) is 0 Å². The minimum absolute atomic E-state index is 0.141. The molecular weight excluding hydrogens is 403 g/mol. The molecule has 7 nitrogen and oxygen atoms in total. The number of esters is 1. The summed E-state index contributed by atoms with van der Waals surface area (Å²) in [4.78, 5) is 20.9. The Labute approximate surface area is 179 Å². The van der Waals surface area contributed by atoms with Crippen LogP contribution in [0.25, 0.3) is 10.9 Å². The van der Waals surface area contributed by atoms with E-state index in [4.69, 9.17) is 14.2 Å². The quantitative estimate of drug-likeness (QED) is 0.457. The third-order valence-corrected chi connectivity index (χ3v) is 5.70. The van der Waals surface area contributed by atoms with E-state index in [9.17, 15) is 14.3 Å². The minimum atomic E-state index is -0.735. The highest BCUT2D eigenvalue weighted by molar-refractivity contribution is 5.94. The smallest absolute Gasteiger partial charge is 0.340 e. The third kappa shape index (κ3) is 3.67. The van der Waals surface area contributed by atoms with Crippen molar-refractivity contribution in [3.05, 3.63) is 51.1 Å². The number of aromatic hydroxyl groups is 1. The van der Waals surface area contributed by atoms with E-state index in [1.165, 1.54) is 20.4 Å². The molecule has 0 fully saturated rings. The van der Waals surface area contributed by atoms with E-state index >= 15 is 0 Å². The molecule has 1 heterocycles. The number of carbonyl (C=O) groups excluding carboxylic acids is 1. The van der Waals surface area contributed by atoms with Crippen LogP contribution in [0, 0.1) is 47.4 Å². The first-order valence-electron chi connectivity index (χ1n) is 9.68. The van der Waals surface area contributed by atoms with Gasteiger partial charge < -0.3 is 19.3 Å². The lowest BCUT2D eigenvalue weighted by Gasteiger charge is -2.20. The fraction of sp³-hybridized carbons (Fsp3) is 0.348. The fourth-order valence-electron chi connectivity index (χ4n) is 3.65. The number of hydrogen-bond donors (Lipinski definition) is 1. The number of phenolic OH excluding ortho intramolecular Hbond substituents is 1. The molecule has 3 aromatic rings.